The molecule has 2 N–H and O–H groups in total. The Hall–Kier alpha value is -2.81. The third-order valence-electron chi connectivity index (χ3n) is 5.25. The van der Waals surface area contributed by atoms with E-state index in [9.17, 15) is 4.79 Å². The van der Waals surface area contributed by atoms with Gasteiger partial charge in [0.05, 0.1) is 0 Å². The molecular formula is C23H23NO2. The van der Waals surface area contributed by atoms with Gasteiger partial charge in [-0.25, -0.2) is 0 Å². The molecule has 132 valence electrons. The summed E-state index contributed by atoms with van der Waals surface area (Å²) in [6, 6.07) is 14.7. The summed E-state index contributed by atoms with van der Waals surface area (Å²) in [7, 11) is 0. The van der Waals surface area contributed by atoms with Crippen LogP contribution in [0.2, 0.25) is 0 Å². The molecule has 0 saturated heterocycles. The fourth-order valence-electron chi connectivity index (χ4n) is 3.53. The number of ether oxygens (including phenoxy) is 1. The van der Waals surface area contributed by atoms with Crippen LogP contribution >= 0.6 is 0 Å². The Morgan fingerprint density at radius 2 is 1.62 bits per heavy atom. The maximum Gasteiger partial charge on any atom is 0.166 e. The number of benzene rings is 2. The van der Waals surface area contributed by atoms with Crippen LogP contribution in [0.3, 0.4) is 0 Å². The number of anilines is 1. The Balaban J connectivity index is 1.39. The first kappa shape index (κ1) is 16.6. The number of nitrogens with two attached hydrogens (primary N) is 1. The average molecular weight is 345 g/mol. The Morgan fingerprint density at radius 1 is 0.962 bits per heavy atom. The average Bonchev–Trinajstić information content (AvgIpc) is 3.45. The molecule has 4 rings (SSSR count). The number of ketones is 1. The van der Waals surface area contributed by atoms with Gasteiger partial charge in [0.15, 0.2) is 5.78 Å². The van der Waals surface area contributed by atoms with Gasteiger partial charge in [-0.3, -0.25) is 4.79 Å². The molecule has 0 radical (unpaired) electrons. The van der Waals surface area contributed by atoms with Crippen LogP contribution in [0.5, 0.6) is 11.5 Å². The largest absolute Gasteiger partial charge is 0.457 e. The highest BCUT2D eigenvalue weighted by atomic mass is 16.5. The molecule has 3 nitrogen and oxygen atoms in total. The van der Waals surface area contributed by atoms with E-state index in [1.165, 1.54) is 11.1 Å². The van der Waals surface area contributed by atoms with Crippen molar-refractivity contribution < 1.29 is 9.53 Å². The molecular weight excluding hydrogens is 322 g/mol. The van der Waals surface area contributed by atoms with E-state index in [4.69, 9.17) is 10.5 Å². The zero-order valence-corrected chi connectivity index (χ0v) is 14.9. The normalized spacial score (nSPS) is 21.6. The second-order valence-electron chi connectivity index (χ2n) is 7.26. The van der Waals surface area contributed by atoms with Crippen molar-refractivity contribution >= 4 is 11.5 Å². The highest BCUT2D eigenvalue weighted by Gasteiger charge is 2.44. The topological polar surface area (TPSA) is 52.3 Å². The van der Waals surface area contributed by atoms with Crippen LogP contribution in [0.15, 0.2) is 71.8 Å². The van der Waals surface area contributed by atoms with Gasteiger partial charge in [-0.05, 0) is 80.6 Å². The van der Waals surface area contributed by atoms with Crippen LogP contribution in [0.4, 0.5) is 5.69 Å². The quantitative estimate of drug-likeness (QED) is 0.571. The molecule has 2 aliphatic carbocycles. The summed E-state index contributed by atoms with van der Waals surface area (Å²) < 4.78 is 5.79. The van der Waals surface area contributed by atoms with Gasteiger partial charge < -0.3 is 10.5 Å². The molecule has 0 amide bonds. The first-order valence-corrected chi connectivity index (χ1v) is 9.14. The van der Waals surface area contributed by atoms with Crippen LogP contribution in [0.25, 0.3) is 0 Å². The summed E-state index contributed by atoms with van der Waals surface area (Å²) in [6.45, 7) is 2.16. The molecule has 0 spiro atoms. The van der Waals surface area contributed by atoms with Crippen LogP contribution in [0, 0.1) is 11.8 Å². The molecule has 3 heteroatoms. The number of carbonyl (C=O) groups excluding carboxylic acids is 1. The van der Waals surface area contributed by atoms with Gasteiger partial charge in [-0.1, -0.05) is 23.3 Å². The molecule has 2 aromatic rings. The predicted octanol–water partition coefficient (Wildman–Crippen LogP) is 5.55. The first-order chi connectivity index (χ1) is 12.6. The van der Waals surface area contributed by atoms with E-state index in [-0.39, 0.29) is 11.7 Å². The van der Waals surface area contributed by atoms with Crippen molar-refractivity contribution in [2.24, 2.45) is 11.8 Å². The monoisotopic (exact) mass is 345 g/mol. The van der Waals surface area contributed by atoms with Crippen LogP contribution in [-0.2, 0) is 0 Å². The van der Waals surface area contributed by atoms with Crippen molar-refractivity contribution in [1.82, 2.24) is 0 Å². The second-order valence-corrected chi connectivity index (χ2v) is 7.26. The zero-order chi connectivity index (χ0) is 18.1. The minimum Gasteiger partial charge on any atom is -0.457 e. The van der Waals surface area contributed by atoms with Crippen LogP contribution in [0.1, 0.15) is 36.5 Å². The van der Waals surface area contributed by atoms with Gasteiger partial charge in [0.2, 0.25) is 0 Å². The molecule has 2 unspecified atom stereocenters. The molecule has 0 bridgehead atoms. The Kier molecular flexibility index (Phi) is 4.37. The Bertz CT molecular complexity index is 875. The number of allylic oxidation sites excluding steroid dienone is 4. The lowest BCUT2D eigenvalue weighted by Gasteiger charge is -2.11. The molecule has 0 aliphatic heterocycles. The van der Waals surface area contributed by atoms with E-state index in [0.29, 0.717) is 17.4 Å². The zero-order valence-electron chi connectivity index (χ0n) is 14.9. The maximum absolute atomic E-state index is 12.7. The maximum atomic E-state index is 12.7. The Labute approximate surface area is 154 Å². The molecule has 0 heterocycles. The van der Waals surface area contributed by atoms with Crippen molar-refractivity contribution in [3.63, 3.8) is 0 Å². The molecule has 2 atom stereocenters. The van der Waals surface area contributed by atoms with Crippen molar-refractivity contribution in [2.75, 3.05) is 5.73 Å². The smallest absolute Gasteiger partial charge is 0.166 e. The number of hydrogen-bond donors (Lipinski definition) is 1. The third kappa shape index (κ3) is 3.57. The van der Waals surface area contributed by atoms with E-state index in [2.05, 4.69) is 19.1 Å². The number of hydrogen-bond acceptors (Lipinski definition) is 3. The van der Waals surface area contributed by atoms with Gasteiger partial charge in [-0.15, -0.1) is 0 Å². The second kappa shape index (κ2) is 6.83. The lowest BCUT2D eigenvalue weighted by atomic mass is 9.94. The standard InChI is InChI=1S/C23H23NO2/c1-15-2-4-16(5-3-15)21-14-22(21)23(25)17-6-10-19(11-7-17)26-20-12-8-18(24)9-13-20/h2,4,6-13,21-22H,3,5,14,24H2,1H3. The summed E-state index contributed by atoms with van der Waals surface area (Å²) in [5.41, 5.74) is 10.0. The van der Waals surface area contributed by atoms with Gasteiger partial charge in [0.25, 0.3) is 0 Å². The number of carbonyl (C=O) groups is 1. The molecule has 26 heavy (non-hydrogen) atoms. The van der Waals surface area contributed by atoms with Crippen molar-refractivity contribution in [3.8, 4) is 11.5 Å². The molecule has 1 fully saturated rings. The third-order valence-corrected chi connectivity index (χ3v) is 5.25. The van der Waals surface area contributed by atoms with E-state index < -0.39 is 0 Å². The Morgan fingerprint density at radius 3 is 2.23 bits per heavy atom. The van der Waals surface area contributed by atoms with Crippen LogP contribution in [-0.4, -0.2) is 5.78 Å². The number of rotatable bonds is 5. The lowest BCUT2D eigenvalue weighted by Crippen LogP contribution is -2.05. The summed E-state index contributed by atoms with van der Waals surface area (Å²) in [5, 5.41) is 0. The highest BCUT2D eigenvalue weighted by molar-refractivity contribution is 6.00. The molecule has 0 aromatic heterocycles. The SMILES string of the molecule is CC1=CC=C(C2CC2C(=O)c2ccc(Oc3ccc(N)cc3)cc2)CC1. The minimum absolute atomic E-state index is 0.150. The van der Waals surface area contributed by atoms with Crippen molar-refractivity contribution in [1.29, 1.82) is 0 Å². The van der Waals surface area contributed by atoms with Gasteiger partial charge in [-0.2, -0.15) is 0 Å². The summed E-state index contributed by atoms with van der Waals surface area (Å²) in [5.74, 6) is 2.29. The summed E-state index contributed by atoms with van der Waals surface area (Å²) in [4.78, 5) is 12.7. The minimum atomic E-state index is 0.150. The van der Waals surface area contributed by atoms with Crippen molar-refractivity contribution in [3.05, 3.63) is 77.4 Å². The summed E-state index contributed by atoms with van der Waals surface area (Å²) in [6.07, 6.45) is 7.63. The van der Waals surface area contributed by atoms with E-state index >= 15 is 0 Å². The molecule has 1 saturated carbocycles. The summed E-state index contributed by atoms with van der Waals surface area (Å²) >= 11 is 0. The highest BCUT2D eigenvalue weighted by Crippen LogP contribution is 2.48. The van der Waals surface area contributed by atoms with E-state index in [1.807, 2.05) is 36.4 Å². The van der Waals surface area contributed by atoms with E-state index in [0.717, 1.165) is 30.6 Å². The van der Waals surface area contributed by atoms with E-state index in [1.54, 1.807) is 12.1 Å². The fourth-order valence-corrected chi connectivity index (χ4v) is 3.53. The molecule has 2 aromatic carbocycles. The first-order valence-electron chi connectivity index (χ1n) is 9.14. The van der Waals surface area contributed by atoms with Gasteiger partial charge >= 0.3 is 0 Å². The van der Waals surface area contributed by atoms with Crippen LogP contribution < -0.4 is 10.5 Å². The van der Waals surface area contributed by atoms with Gasteiger partial charge in [0.1, 0.15) is 11.5 Å². The number of nitrogen functional groups attached to an aromatic ring is 1. The van der Waals surface area contributed by atoms with Crippen molar-refractivity contribution in [2.45, 2.75) is 26.2 Å². The fraction of sp³-hybridized carbons (Fsp3) is 0.261. The lowest BCUT2D eigenvalue weighted by molar-refractivity contribution is 0.0963. The predicted molar refractivity (Wildman–Crippen MR) is 104 cm³/mol. The molecule has 2 aliphatic rings. The van der Waals surface area contributed by atoms with Gasteiger partial charge in [0, 0.05) is 17.2 Å². The number of Topliss-reactive ketones (excluding diaryl/α,β-unsaturated/α-hetero) is 1.